The van der Waals surface area contributed by atoms with Crippen molar-refractivity contribution in [3.8, 4) is 10.6 Å². The molecule has 2 aromatic heterocycles. The Morgan fingerprint density at radius 3 is 2.26 bits per heavy atom. The number of aliphatic carboxylic acids is 2. The van der Waals surface area contributed by atoms with Crippen LogP contribution in [0.3, 0.4) is 0 Å². The minimum absolute atomic E-state index is 0.0344. The molecule has 0 fully saturated rings. The lowest BCUT2D eigenvalue weighted by Crippen LogP contribution is -2.41. The van der Waals surface area contributed by atoms with Crippen molar-refractivity contribution < 1.29 is 24.6 Å². The summed E-state index contributed by atoms with van der Waals surface area (Å²) in [5, 5.41) is 25.6. The van der Waals surface area contributed by atoms with E-state index in [1.54, 1.807) is 35.6 Å². The molecule has 178 valence electrons. The number of carboxylic acids is 2. The molecule has 0 aliphatic carbocycles. The zero-order valence-corrected chi connectivity index (χ0v) is 19.3. The van der Waals surface area contributed by atoms with Crippen LogP contribution in [0.25, 0.3) is 21.6 Å². The summed E-state index contributed by atoms with van der Waals surface area (Å²) in [7, 11) is 0. The molecule has 35 heavy (non-hydrogen) atoms. The van der Waals surface area contributed by atoms with Crippen molar-refractivity contribution in [2.75, 3.05) is 5.32 Å². The number of amides is 1. The number of nitrogens with zero attached hydrogens (tertiary/aromatic N) is 2. The molecule has 0 aliphatic rings. The smallest absolute Gasteiger partial charge is 0.326 e. The number of carbonyl (C=O) groups is 3. The van der Waals surface area contributed by atoms with E-state index in [4.69, 9.17) is 15.1 Å². The normalized spacial score (nSPS) is 11.7. The van der Waals surface area contributed by atoms with Gasteiger partial charge in [-0.2, -0.15) is 0 Å². The molecule has 0 saturated heterocycles. The highest BCUT2D eigenvalue weighted by Crippen LogP contribution is 2.32. The molecule has 4 aromatic rings. The van der Waals surface area contributed by atoms with Gasteiger partial charge in [0.05, 0.1) is 22.3 Å². The molecular formula is C25H22N4O5S. The first-order valence-electron chi connectivity index (χ1n) is 10.8. The first kappa shape index (κ1) is 23.8. The zero-order chi connectivity index (χ0) is 24.8. The maximum atomic E-state index is 12.3. The number of hydrogen-bond acceptors (Lipinski definition) is 7. The summed E-state index contributed by atoms with van der Waals surface area (Å²) in [6.45, 7) is 0. The molecule has 0 aliphatic heterocycles. The third-order valence-electron chi connectivity index (χ3n) is 5.19. The van der Waals surface area contributed by atoms with Crippen LogP contribution in [-0.4, -0.2) is 44.1 Å². The van der Waals surface area contributed by atoms with E-state index in [0.717, 1.165) is 27.3 Å². The highest BCUT2D eigenvalue weighted by atomic mass is 32.1. The van der Waals surface area contributed by atoms with E-state index in [0.29, 0.717) is 11.4 Å². The Labute approximate surface area is 204 Å². The minimum atomic E-state index is -1.27. The first-order valence-corrected chi connectivity index (χ1v) is 11.7. The molecule has 10 heteroatoms. The van der Waals surface area contributed by atoms with Crippen molar-refractivity contribution in [1.82, 2.24) is 15.3 Å². The fourth-order valence-corrected chi connectivity index (χ4v) is 4.19. The number of rotatable bonds is 10. The Morgan fingerprint density at radius 1 is 0.914 bits per heavy atom. The molecule has 0 saturated carbocycles. The standard InChI is InChI=1S/C25H22N4O5S/c30-21(27-19(25(33)34)11-12-22(31)32)14-15-7-9-16(10-8-15)26-24-23(20-6-3-13-35-20)28-17-4-1-2-5-18(17)29-24/h1-10,13,19H,11-12,14H2,(H,26,29)(H,27,30)(H,31,32)(H,33,34). The lowest BCUT2D eigenvalue weighted by atomic mass is 10.1. The lowest BCUT2D eigenvalue weighted by molar-refractivity contribution is -0.143. The van der Waals surface area contributed by atoms with Gasteiger partial charge in [0.25, 0.3) is 0 Å². The highest BCUT2D eigenvalue weighted by molar-refractivity contribution is 7.13. The second-order valence-electron chi connectivity index (χ2n) is 7.78. The number of hydrogen-bond donors (Lipinski definition) is 4. The monoisotopic (exact) mass is 490 g/mol. The van der Waals surface area contributed by atoms with Gasteiger partial charge in [0, 0.05) is 12.1 Å². The van der Waals surface area contributed by atoms with Crippen LogP contribution in [0.2, 0.25) is 0 Å². The Morgan fingerprint density at radius 2 is 1.63 bits per heavy atom. The van der Waals surface area contributed by atoms with E-state index in [-0.39, 0.29) is 19.3 Å². The molecule has 9 nitrogen and oxygen atoms in total. The van der Waals surface area contributed by atoms with E-state index in [1.165, 1.54) is 0 Å². The summed E-state index contributed by atoms with van der Waals surface area (Å²) in [5.74, 6) is -2.27. The van der Waals surface area contributed by atoms with E-state index >= 15 is 0 Å². The van der Waals surface area contributed by atoms with Gasteiger partial charge in [0.2, 0.25) is 5.91 Å². The van der Waals surface area contributed by atoms with Gasteiger partial charge in [-0.25, -0.2) is 14.8 Å². The van der Waals surface area contributed by atoms with Crippen LogP contribution >= 0.6 is 11.3 Å². The van der Waals surface area contributed by atoms with Gasteiger partial charge in [-0.15, -0.1) is 11.3 Å². The fraction of sp³-hybridized carbons (Fsp3) is 0.160. The summed E-state index contributed by atoms with van der Waals surface area (Å²) in [6, 6.07) is 17.4. The molecule has 4 rings (SSSR count). The summed E-state index contributed by atoms with van der Waals surface area (Å²) in [5.41, 5.74) is 3.73. The van der Waals surface area contributed by atoms with E-state index < -0.39 is 23.9 Å². The number of thiophene rings is 1. The molecule has 1 unspecified atom stereocenters. The minimum Gasteiger partial charge on any atom is -0.481 e. The van der Waals surface area contributed by atoms with Crippen LogP contribution in [0.4, 0.5) is 11.5 Å². The fourth-order valence-electron chi connectivity index (χ4n) is 3.47. The number of benzene rings is 2. The van der Waals surface area contributed by atoms with Crippen LogP contribution < -0.4 is 10.6 Å². The maximum Gasteiger partial charge on any atom is 0.326 e. The van der Waals surface area contributed by atoms with E-state index in [2.05, 4.69) is 10.6 Å². The average molecular weight is 491 g/mol. The highest BCUT2D eigenvalue weighted by Gasteiger charge is 2.21. The molecule has 1 amide bonds. The number of carboxylic acid groups (broad SMARTS) is 2. The first-order chi connectivity index (χ1) is 16.9. The quantitative estimate of drug-likeness (QED) is 0.261. The van der Waals surface area contributed by atoms with Gasteiger partial charge >= 0.3 is 11.9 Å². The molecule has 2 aromatic carbocycles. The van der Waals surface area contributed by atoms with Crippen LogP contribution in [-0.2, 0) is 20.8 Å². The topological polar surface area (TPSA) is 142 Å². The maximum absolute atomic E-state index is 12.3. The van der Waals surface area contributed by atoms with Gasteiger partial charge in [-0.1, -0.05) is 30.3 Å². The van der Waals surface area contributed by atoms with Gasteiger partial charge in [-0.05, 0) is 47.7 Å². The van der Waals surface area contributed by atoms with Crippen LogP contribution in [0, 0.1) is 0 Å². The third kappa shape index (κ3) is 6.18. The second kappa shape index (κ2) is 10.7. The van der Waals surface area contributed by atoms with Crippen molar-refractivity contribution in [3.63, 3.8) is 0 Å². The predicted octanol–water partition coefficient (Wildman–Crippen LogP) is 4.08. The zero-order valence-electron chi connectivity index (χ0n) is 18.5. The number of fused-ring (bicyclic) bond motifs is 1. The number of aromatic nitrogens is 2. The summed E-state index contributed by atoms with van der Waals surface area (Å²) in [4.78, 5) is 44.8. The Hall–Kier alpha value is -4.31. The van der Waals surface area contributed by atoms with Crippen LogP contribution in [0.15, 0.2) is 66.0 Å². The van der Waals surface area contributed by atoms with E-state index in [9.17, 15) is 19.5 Å². The van der Waals surface area contributed by atoms with Crippen molar-refractivity contribution in [2.24, 2.45) is 0 Å². The SMILES string of the molecule is O=C(O)CCC(NC(=O)Cc1ccc(Nc2nc3ccccc3nc2-c2cccs2)cc1)C(=O)O. The summed E-state index contributed by atoms with van der Waals surface area (Å²) >= 11 is 1.57. The average Bonchev–Trinajstić information content (AvgIpc) is 3.37. The summed E-state index contributed by atoms with van der Waals surface area (Å²) in [6.07, 6.45) is -0.561. The molecule has 0 radical (unpaired) electrons. The van der Waals surface area contributed by atoms with Crippen molar-refractivity contribution in [3.05, 3.63) is 71.6 Å². The second-order valence-corrected chi connectivity index (χ2v) is 8.72. The summed E-state index contributed by atoms with van der Waals surface area (Å²) < 4.78 is 0. The molecule has 2 heterocycles. The molecule has 0 spiro atoms. The Kier molecular flexibility index (Phi) is 7.32. The van der Waals surface area contributed by atoms with Gasteiger partial charge < -0.3 is 20.8 Å². The van der Waals surface area contributed by atoms with Crippen molar-refractivity contribution in [1.29, 1.82) is 0 Å². The lowest BCUT2D eigenvalue weighted by Gasteiger charge is -2.14. The number of carbonyl (C=O) groups excluding carboxylic acids is 1. The molecule has 1 atom stereocenters. The Bertz CT molecular complexity index is 1360. The van der Waals surface area contributed by atoms with E-state index in [1.807, 2.05) is 41.8 Å². The third-order valence-corrected chi connectivity index (χ3v) is 6.06. The van der Waals surface area contributed by atoms with Gasteiger partial charge in [0.1, 0.15) is 11.7 Å². The van der Waals surface area contributed by atoms with Crippen LogP contribution in [0.1, 0.15) is 18.4 Å². The van der Waals surface area contributed by atoms with Gasteiger partial charge in [0.15, 0.2) is 5.82 Å². The predicted molar refractivity (Wildman–Crippen MR) is 133 cm³/mol. The van der Waals surface area contributed by atoms with Gasteiger partial charge in [-0.3, -0.25) is 9.59 Å². The van der Waals surface area contributed by atoms with Crippen LogP contribution in [0.5, 0.6) is 0 Å². The number of para-hydroxylation sites is 2. The van der Waals surface area contributed by atoms with Crippen molar-refractivity contribution in [2.45, 2.75) is 25.3 Å². The molecular weight excluding hydrogens is 468 g/mol. The number of anilines is 2. The molecule has 0 bridgehead atoms. The largest absolute Gasteiger partial charge is 0.481 e. The molecule has 4 N–H and O–H groups in total. The Balaban J connectivity index is 1.47. The number of nitrogens with one attached hydrogen (secondary N) is 2. The van der Waals surface area contributed by atoms with Crippen molar-refractivity contribution >= 4 is 51.7 Å².